The fourth-order valence-corrected chi connectivity index (χ4v) is 3.25. The van der Waals surface area contributed by atoms with Gasteiger partial charge in [0, 0.05) is 14.2 Å². The van der Waals surface area contributed by atoms with Gasteiger partial charge in [-0.25, -0.2) is 0 Å². The lowest BCUT2D eigenvalue weighted by molar-refractivity contribution is -0.137. The number of benzene rings is 1. The zero-order valence-corrected chi connectivity index (χ0v) is 17.4. The Morgan fingerprint density at radius 2 is 2.06 bits per heavy atom. The van der Waals surface area contributed by atoms with Crippen molar-refractivity contribution in [2.45, 2.75) is 11.3 Å². The van der Waals surface area contributed by atoms with Gasteiger partial charge in [-0.15, -0.1) is 10.2 Å². The quantitative estimate of drug-likeness (QED) is 0.386. The van der Waals surface area contributed by atoms with Crippen molar-refractivity contribution < 1.29 is 31.9 Å². The van der Waals surface area contributed by atoms with Crippen molar-refractivity contribution in [1.29, 1.82) is 0 Å². The molecule has 0 saturated carbocycles. The van der Waals surface area contributed by atoms with E-state index in [0.29, 0.717) is 16.7 Å². The number of amides is 1. The minimum absolute atomic E-state index is 0.0780. The largest absolute Gasteiger partial charge is 0.489 e. The molecule has 0 aliphatic rings. The van der Waals surface area contributed by atoms with Crippen LogP contribution in [-0.4, -0.2) is 46.7 Å². The Balaban J connectivity index is 1.69. The normalized spacial score (nSPS) is 11.5. The monoisotopic (exact) mass is 456 g/mol. The van der Waals surface area contributed by atoms with Gasteiger partial charge in [-0.05, 0) is 30.3 Å². The number of rotatable bonds is 9. The number of nitrogens with zero attached hydrogens (tertiary/aromatic N) is 3. The zero-order chi connectivity index (χ0) is 22.4. The molecule has 0 bridgehead atoms. The van der Waals surface area contributed by atoms with Crippen molar-refractivity contribution in [3.63, 3.8) is 0 Å². The number of ether oxygens (including phenoxy) is 2. The lowest BCUT2D eigenvalue weighted by Gasteiger charge is -2.15. The highest BCUT2D eigenvalue weighted by molar-refractivity contribution is 7.99. The number of carbonyl (C=O) groups excluding carboxylic acids is 1. The van der Waals surface area contributed by atoms with Gasteiger partial charge in [0.25, 0.3) is 0 Å². The molecular formula is C19H19F3N4O4S. The van der Waals surface area contributed by atoms with Crippen LogP contribution >= 0.6 is 11.8 Å². The number of halogens is 3. The Kier molecular flexibility index (Phi) is 7.23. The summed E-state index contributed by atoms with van der Waals surface area (Å²) in [6, 6.07) is 6.33. The molecule has 8 nitrogen and oxygen atoms in total. The summed E-state index contributed by atoms with van der Waals surface area (Å²) in [5, 5.41) is 11.0. The molecule has 0 aliphatic heterocycles. The zero-order valence-electron chi connectivity index (χ0n) is 16.6. The maximum absolute atomic E-state index is 13.1. The Bertz CT molecular complexity index is 1020. The van der Waals surface area contributed by atoms with Crippen molar-refractivity contribution in [3.05, 3.63) is 42.2 Å². The molecule has 0 unspecified atom stereocenters. The van der Waals surface area contributed by atoms with E-state index in [9.17, 15) is 18.0 Å². The second kappa shape index (κ2) is 9.88. The van der Waals surface area contributed by atoms with Crippen LogP contribution in [0.4, 0.5) is 18.9 Å². The van der Waals surface area contributed by atoms with Gasteiger partial charge >= 0.3 is 6.18 Å². The maximum Gasteiger partial charge on any atom is 0.416 e. The molecule has 1 N–H and O–H groups in total. The van der Waals surface area contributed by atoms with Crippen LogP contribution in [0.2, 0.25) is 0 Å². The van der Waals surface area contributed by atoms with E-state index in [1.54, 1.807) is 23.7 Å². The summed E-state index contributed by atoms with van der Waals surface area (Å²) in [7, 11) is 3.19. The Hall–Kier alpha value is -2.99. The number of anilines is 1. The van der Waals surface area contributed by atoms with Crippen LogP contribution in [-0.2, 0) is 22.8 Å². The van der Waals surface area contributed by atoms with Crippen molar-refractivity contribution in [3.8, 4) is 17.3 Å². The standard InChI is InChI=1S/C19H19F3N4O4S/c1-26-17(15-4-3-7-29-15)24-25-18(26)31-11-16(27)23-13-10-12(19(20,21)22)5-6-14(13)30-9-8-28-2/h3-7,10H,8-9,11H2,1-2H3,(H,23,27). The predicted molar refractivity (Wildman–Crippen MR) is 107 cm³/mol. The molecule has 2 aromatic heterocycles. The molecule has 1 aromatic carbocycles. The van der Waals surface area contributed by atoms with Crippen molar-refractivity contribution in [2.24, 2.45) is 7.05 Å². The molecule has 3 aromatic rings. The molecule has 0 atom stereocenters. The Morgan fingerprint density at radius 3 is 2.74 bits per heavy atom. The van der Waals surface area contributed by atoms with Crippen LogP contribution in [0.15, 0.2) is 46.2 Å². The number of thioether (sulfide) groups is 1. The van der Waals surface area contributed by atoms with Crippen LogP contribution in [0.3, 0.4) is 0 Å². The van der Waals surface area contributed by atoms with Gasteiger partial charge in [-0.3, -0.25) is 4.79 Å². The maximum atomic E-state index is 13.1. The minimum Gasteiger partial charge on any atom is -0.489 e. The number of hydrogen-bond acceptors (Lipinski definition) is 7. The highest BCUT2D eigenvalue weighted by Gasteiger charge is 2.31. The second-order valence-corrected chi connectivity index (χ2v) is 7.17. The average molecular weight is 456 g/mol. The number of alkyl halides is 3. The fraction of sp³-hybridized carbons (Fsp3) is 0.316. The molecule has 31 heavy (non-hydrogen) atoms. The number of aromatic nitrogens is 3. The van der Waals surface area contributed by atoms with E-state index in [1.807, 2.05) is 0 Å². The molecule has 0 spiro atoms. The lowest BCUT2D eigenvalue weighted by atomic mass is 10.1. The summed E-state index contributed by atoms with van der Waals surface area (Å²) in [5.74, 6) is 0.496. The summed E-state index contributed by atoms with van der Waals surface area (Å²) in [6.45, 7) is 0.363. The highest BCUT2D eigenvalue weighted by Crippen LogP contribution is 2.35. The number of hydrogen-bond donors (Lipinski definition) is 1. The molecule has 1 amide bonds. The number of carbonyl (C=O) groups is 1. The SMILES string of the molecule is COCCOc1ccc(C(F)(F)F)cc1NC(=O)CSc1nnc(-c2ccco2)n1C. The summed E-state index contributed by atoms with van der Waals surface area (Å²) >= 11 is 1.08. The molecular weight excluding hydrogens is 437 g/mol. The van der Waals surface area contributed by atoms with Crippen molar-refractivity contribution >= 4 is 23.4 Å². The van der Waals surface area contributed by atoms with Gasteiger partial charge in [0.2, 0.25) is 5.91 Å². The number of methoxy groups -OCH3 is 1. The highest BCUT2D eigenvalue weighted by atomic mass is 32.2. The van der Waals surface area contributed by atoms with Crippen LogP contribution in [0.25, 0.3) is 11.6 Å². The van der Waals surface area contributed by atoms with Gasteiger partial charge in [0.1, 0.15) is 12.4 Å². The minimum atomic E-state index is -4.56. The van der Waals surface area contributed by atoms with E-state index < -0.39 is 17.6 Å². The molecule has 12 heteroatoms. The molecule has 0 aliphatic carbocycles. The number of nitrogens with one attached hydrogen (secondary N) is 1. The van der Waals surface area contributed by atoms with E-state index >= 15 is 0 Å². The first-order valence-corrected chi connectivity index (χ1v) is 9.97. The molecule has 3 rings (SSSR count). The van der Waals surface area contributed by atoms with E-state index in [4.69, 9.17) is 13.9 Å². The smallest absolute Gasteiger partial charge is 0.416 e. The summed E-state index contributed by atoms with van der Waals surface area (Å²) in [6.07, 6.45) is -3.05. The summed E-state index contributed by atoms with van der Waals surface area (Å²) < 4.78 is 56.5. The molecule has 0 fully saturated rings. The van der Waals surface area contributed by atoms with Gasteiger partial charge in [-0.1, -0.05) is 11.8 Å². The third-order valence-electron chi connectivity index (χ3n) is 4.03. The predicted octanol–water partition coefficient (Wildman–Crippen LogP) is 3.85. The van der Waals surface area contributed by atoms with Gasteiger partial charge < -0.3 is 23.8 Å². The fourth-order valence-electron chi connectivity index (χ4n) is 2.54. The first-order chi connectivity index (χ1) is 14.8. The first kappa shape index (κ1) is 22.7. The summed E-state index contributed by atoms with van der Waals surface area (Å²) in [5.41, 5.74) is -0.975. The average Bonchev–Trinajstić information content (AvgIpc) is 3.36. The second-order valence-electron chi connectivity index (χ2n) is 6.23. The van der Waals surface area contributed by atoms with Gasteiger partial charge in [0.05, 0.1) is 29.9 Å². The number of furan rings is 1. The van der Waals surface area contributed by atoms with Gasteiger partial charge in [-0.2, -0.15) is 13.2 Å². The Morgan fingerprint density at radius 1 is 1.26 bits per heavy atom. The van der Waals surface area contributed by atoms with E-state index in [0.717, 1.165) is 23.9 Å². The molecule has 2 heterocycles. The van der Waals surface area contributed by atoms with Crippen LogP contribution in [0.1, 0.15) is 5.56 Å². The van der Waals surface area contributed by atoms with E-state index in [1.165, 1.54) is 19.4 Å². The summed E-state index contributed by atoms with van der Waals surface area (Å²) in [4.78, 5) is 12.4. The van der Waals surface area contributed by atoms with E-state index in [-0.39, 0.29) is 30.4 Å². The first-order valence-electron chi connectivity index (χ1n) is 8.98. The van der Waals surface area contributed by atoms with Gasteiger partial charge in [0.15, 0.2) is 16.7 Å². The lowest BCUT2D eigenvalue weighted by Crippen LogP contribution is -2.17. The molecule has 0 saturated heterocycles. The van der Waals surface area contributed by atoms with Crippen LogP contribution < -0.4 is 10.1 Å². The van der Waals surface area contributed by atoms with Crippen LogP contribution in [0.5, 0.6) is 5.75 Å². The third-order valence-corrected chi connectivity index (χ3v) is 5.06. The Labute approximate surface area is 179 Å². The van der Waals surface area contributed by atoms with Crippen LogP contribution in [0, 0.1) is 0 Å². The van der Waals surface area contributed by atoms with E-state index in [2.05, 4.69) is 15.5 Å². The third kappa shape index (κ3) is 5.79. The van der Waals surface area contributed by atoms with Crippen molar-refractivity contribution in [1.82, 2.24) is 14.8 Å². The molecule has 166 valence electrons. The van der Waals surface area contributed by atoms with Crippen molar-refractivity contribution in [2.75, 3.05) is 31.4 Å². The molecule has 0 radical (unpaired) electrons. The topological polar surface area (TPSA) is 91.4 Å².